The predicted octanol–water partition coefficient (Wildman–Crippen LogP) is 4.05. The maximum absolute atomic E-state index is 12.8. The number of allylic oxidation sites excluding steroid dienone is 2. The Balaban J connectivity index is 1.63. The van der Waals surface area contributed by atoms with E-state index in [0.717, 1.165) is 34.6 Å². The number of rotatable bonds is 4. The molecule has 1 N–H and O–H groups in total. The van der Waals surface area contributed by atoms with Gasteiger partial charge in [0.25, 0.3) is 0 Å². The maximum atomic E-state index is 12.8. The van der Waals surface area contributed by atoms with E-state index in [-0.39, 0.29) is 11.8 Å². The standard InChI is InChI=1S/C21H20N4O3S/c1-27-15-9-8-12(11-16(15)28-2)20-23-21-22-13-5-3-6-14(26)18(13)19(25(21)24-20)17-7-4-10-29-17/h4,7-11,19H,3,5-6H2,1-2H3,(H,22,23,24). The molecule has 0 spiro atoms. The van der Waals surface area contributed by atoms with E-state index >= 15 is 0 Å². The van der Waals surface area contributed by atoms with Crippen LogP contribution in [0.15, 0.2) is 47.0 Å². The van der Waals surface area contributed by atoms with Gasteiger partial charge < -0.3 is 14.8 Å². The fourth-order valence-corrected chi connectivity index (χ4v) is 4.78. The van der Waals surface area contributed by atoms with Crippen molar-refractivity contribution in [3.63, 3.8) is 0 Å². The van der Waals surface area contributed by atoms with E-state index < -0.39 is 0 Å². The molecule has 29 heavy (non-hydrogen) atoms. The first kappa shape index (κ1) is 17.9. The zero-order valence-corrected chi connectivity index (χ0v) is 17.0. The third-order valence-corrected chi connectivity index (χ3v) is 6.25. The SMILES string of the molecule is COc1ccc(-c2nc3n(n2)C(c2cccs2)C2=C(CCCC2=O)N3)cc1OC. The Kier molecular flexibility index (Phi) is 4.35. The topological polar surface area (TPSA) is 78.3 Å². The molecule has 2 aromatic heterocycles. The first-order valence-corrected chi connectivity index (χ1v) is 10.3. The van der Waals surface area contributed by atoms with E-state index in [1.165, 1.54) is 0 Å². The molecule has 0 saturated carbocycles. The molecule has 1 atom stereocenters. The monoisotopic (exact) mass is 408 g/mol. The van der Waals surface area contributed by atoms with Crippen molar-refractivity contribution in [1.29, 1.82) is 0 Å². The highest BCUT2D eigenvalue weighted by Gasteiger charge is 2.37. The van der Waals surface area contributed by atoms with Gasteiger partial charge in [0.2, 0.25) is 5.95 Å². The Morgan fingerprint density at radius 1 is 1.17 bits per heavy atom. The predicted molar refractivity (Wildman–Crippen MR) is 111 cm³/mol. The van der Waals surface area contributed by atoms with Crippen molar-refractivity contribution in [2.45, 2.75) is 25.3 Å². The summed E-state index contributed by atoms with van der Waals surface area (Å²) in [5, 5.41) is 10.2. The lowest BCUT2D eigenvalue weighted by atomic mass is 9.88. The first-order chi connectivity index (χ1) is 14.2. The van der Waals surface area contributed by atoms with Crippen molar-refractivity contribution < 1.29 is 14.3 Å². The van der Waals surface area contributed by atoms with Gasteiger partial charge in [-0.2, -0.15) is 4.98 Å². The second-order valence-corrected chi connectivity index (χ2v) is 7.96. The lowest BCUT2D eigenvalue weighted by molar-refractivity contribution is -0.116. The molecule has 1 aliphatic heterocycles. The van der Waals surface area contributed by atoms with Gasteiger partial charge in [-0.15, -0.1) is 16.4 Å². The Hall–Kier alpha value is -3.13. The van der Waals surface area contributed by atoms with E-state index in [0.29, 0.717) is 29.7 Å². The number of hydrogen-bond donors (Lipinski definition) is 1. The highest BCUT2D eigenvalue weighted by atomic mass is 32.1. The highest BCUT2D eigenvalue weighted by molar-refractivity contribution is 7.10. The number of nitrogens with zero attached hydrogens (tertiary/aromatic N) is 3. The zero-order valence-electron chi connectivity index (χ0n) is 16.1. The van der Waals surface area contributed by atoms with Gasteiger partial charge in [0.1, 0.15) is 6.04 Å². The van der Waals surface area contributed by atoms with Crippen LogP contribution < -0.4 is 14.8 Å². The van der Waals surface area contributed by atoms with Gasteiger partial charge in [0, 0.05) is 28.1 Å². The molecule has 1 aliphatic carbocycles. The van der Waals surface area contributed by atoms with Crippen molar-refractivity contribution in [2.75, 3.05) is 19.5 Å². The minimum absolute atomic E-state index is 0.186. The molecule has 148 valence electrons. The summed E-state index contributed by atoms with van der Waals surface area (Å²) in [6.07, 6.45) is 2.29. The second kappa shape index (κ2) is 7.04. The van der Waals surface area contributed by atoms with Crippen molar-refractivity contribution >= 4 is 23.1 Å². The molecule has 8 heteroatoms. The summed E-state index contributed by atoms with van der Waals surface area (Å²) in [5.41, 5.74) is 2.61. The minimum Gasteiger partial charge on any atom is -0.493 e. The lowest BCUT2D eigenvalue weighted by Gasteiger charge is -2.31. The number of aromatic nitrogens is 3. The molecular weight excluding hydrogens is 388 g/mol. The number of fused-ring (bicyclic) bond motifs is 1. The molecule has 0 fully saturated rings. The van der Waals surface area contributed by atoms with Crippen LogP contribution in [0, 0.1) is 0 Å². The number of methoxy groups -OCH3 is 2. The van der Waals surface area contributed by atoms with Gasteiger partial charge in [-0.05, 0) is 42.5 Å². The van der Waals surface area contributed by atoms with Crippen LogP contribution in [0.1, 0.15) is 30.2 Å². The van der Waals surface area contributed by atoms with Gasteiger partial charge in [-0.25, -0.2) is 4.68 Å². The van der Waals surface area contributed by atoms with Crippen molar-refractivity contribution in [3.8, 4) is 22.9 Å². The number of carbonyl (C=O) groups is 1. The third kappa shape index (κ3) is 2.91. The Morgan fingerprint density at radius 2 is 2.03 bits per heavy atom. The number of anilines is 1. The fraction of sp³-hybridized carbons (Fsp3) is 0.286. The van der Waals surface area contributed by atoms with E-state index in [9.17, 15) is 4.79 Å². The van der Waals surface area contributed by atoms with Crippen LogP contribution in [0.2, 0.25) is 0 Å². The average Bonchev–Trinajstić information content (AvgIpc) is 3.41. The Labute approximate surface area is 172 Å². The maximum Gasteiger partial charge on any atom is 0.226 e. The van der Waals surface area contributed by atoms with Gasteiger partial charge in [-0.3, -0.25) is 4.79 Å². The normalized spacial score (nSPS) is 18.1. The van der Waals surface area contributed by atoms with E-state index in [4.69, 9.17) is 19.6 Å². The number of hydrogen-bond acceptors (Lipinski definition) is 7. The van der Waals surface area contributed by atoms with Crippen LogP contribution in [-0.4, -0.2) is 34.8 Å². The number of Topliss-reactive ketones (excluding diaryl/α,β-unsaturated/α-hetero) is 1. The van der Waals surface area contributed by atoms with Crippen molar-refractivity contribution in [3.05, 3.63) is 51.9 Å². The molecule has 0 radical (unpaired) electrons. The molecule has 1 unspecified atom stereocenters. The second-order valence-electron chi connectivity index (χ2n) is 6.99. The number of ketones is 1. The molecule has 5 rings (SSSR count). The molecule has 3 aromatic rings. The molecular formula is C21H20N4O3S. The summed E-state index contributed by atoms with van der Waals surface area (Å²) in [6.45, 7) is 0. The number of thiophene rings is 1. The summed E-state index contributed by atoms with van der Waals surface area (Å²) >= 11 is 1.63. The van der Waals surface area contributed by atoms with Crippen LogP contribution in [0.25, 0.3) is 11.4 Å². The van der Waals surface area contributed by atoms with Crippen LogP contribution in [0.4, 0.5) is 5.95 Å². The zero-order chi connectivity index (χ0) is 20.0. The summed E-state index contributed by atoms with van der Waals surface area (Å²) < 4.78 is 12.6. The quantitative estimate of drug-likeness (QED) is 0.702. The van der Waals surface area contributed by atoms with Gasteiger partial charge in [0.05, 0.1) is 14.2 Å². The minimum atomic E-state index is -0.240. The van der Waals surface area contributed by atoms with Crippen LogP contribution in [0.5, 0.6) is 11.5 Å². The Morgan fingerprint density at radius 3 is 2.79 bits per heavy atom. The average molecular weight is 408 g/mol. The van der Waals surface area contributed by atoms with E-state index in [1.807, 2.05) is 34.3 Å². The molecule has 0 saturated heterocycles. The van der Waals surface area contributed by atoms with E-state index in [2.05, 4.69) is 11.4 Å². The van der Waals surface area contributed by atoms with Gasteiger partial charge >= 0.3 is 0 Å². The fourth-order valence-electron chi connectivity index (χ4n) is 3.96. The first-order valence-electron chi connectivity index (χ1n) is 9.45. The molecule has 0 amide bonds. The summed E-state index contributed by atoms with van der Waals surface area (Å²) in [5.74, 6) is 2.68. The smallest absolute Gasteiger partial charge is 0.226 e. The lowest BCUT2D eigenvalue weighted by Crippen LogP contribution is -2.31. The third-order valence-electron chi connectivity index (χ3n) is 5.32. The van der Waals surface area contributed by atoms with Crippen LogP contribution in [-0.2, 0) is 4.79 Å². The summed E-state index contributed by atoms with van der Waals surface area (Å²) in [6, 6.07) is 9.41. The van der Waals surface area contributed by atoms with Gasteiger partial charge in [-0.1, -0.05) is 6.07 Å². The largest absolute Gasteiger partial charge is 0.493 e. The summed E-state index contributed by atoms with van der Waals surface area (Å²) in [7, 11) is 3.21. The summed E-state index contributed by atoms with van der Waals surface area (Å²) in [4.78, 5) is 18.6. The molecule has 7 nitrogen and oxygen atoms in total. The number of ether oxygens (including phenoxy) is 2. The highest BCUT2D eigenvalue weighted by Crippen LogP contribution is 2.42. The number of nitrogens with one attached hydrogen (secondary N) is 1. The van der Waals surface area contributed by atoms with Crippen molar-refractivity contribution in [2.24, 2.45) is 0 Å². The Bertz CT molecular complexity index is 1120. The molecule has 2 aliphatic rings. The molecule has 0 bridgehead atoms. The van der Waals surface area contributed by atoms with Gasteiger partial charge in [0.15, 0.2) is 23.1 Å². The van der Waals surface area contributed by atoms with Crippen molar-refractivity contribution in [1.82, 2.24) is 14.8 Å². The molecule has 1 aromatic carbocycles. The number of carbonyl (C=O) groups excluding carboxylic acids is 1. The number of benzene rings is 1. The van der Waals surface area contributed by atoms with E-state index in [1.54, 1.807) is 25.6 Å². The molecule has 3 heterocycles. The van der Waals surface area contributed by atoms with Crippen LogP contribution in [0.3, 0.4) is 0 Å². The van der Waals surface area contributed by atoms with Crippen LogP contribution >= 0.6 is 11.3 Å².